The van der Waals surface area contributed by atoms with Gasteiger partial charge in [0.2, 0.25) is 6.33 Å². The Labute approximate surface area is 69.1 Å². The van der Waals surface area contributed by atoms with Gasteiger partial charge in [0.25, 0.3) is 6.33 Å². The molecule has 0 unspecified atom stereocenters. The van der Waals surface area contributed by atoms with E-state index >= 15 is 0 Å². The summed E-state index contributed by atoms with van der Waals surface area (Å²) < 4.78 is 5.35. The van der Waals surface area contributed by atoms with Gasteiger partial charge in [0.05, 0.1) is 7.05 Å². The second-order valence-electron chi connectivity index (χ2n) is 2.53. The zero-order chi connectivity index (χ0) is 8.39. The molecule has 62 valence electrons. The highest BCUT2D eigenvalue weighted by Crippen LogP contribution is 1.81. The molecule has 0 aliphatic carbocycles. The van der Waals surface area contributed by atoms with Gasteiger partial charge in [0.15, 0.2) is 6.67 Å². The molecule has 0 aliphatic heterocycles. The highest BCUT2D eigenvalue weighted by Gasteiger charge is 2.02. The largest absolute Gasteiger partial charge is 0.264 e. The fraction of sp³-hybridized carbons (Fsp3) is 0.333. The lowest BCUT2D eigenvalue weighted by Gasteiger charge is -1.91. The summed E-state index contributed by atoms with van der Waals surface area (Å²) in [6.07, 6.45) is 6.77. The molecule has 0 amide bonds. The maximum atomic E-state index is 4.08. The van der Waals surface area contributed by atoms with Crippen LogP contribution in [-0.2, 0) is 13.7 Å². The SMILES string of the molecule is C[n+]1cnn(Cn2cncn2)c1. The van der Waals surface area contributed by atoms with Crippen molar-refractivity contribution in [3.05, 3.63) is 25.3 Å². The molecule has 0 spiro atoms. The Hall–Kier alpha value is -1.72. The average molecular weight is 165 g/mol. The van der Waals surface area contributed by atoms with Gasteiger partial charge in [0, 0.05) is 5.10 Å². The van der Waals surface area contributed by atoms with Gasteiger partial charge in [-0.15, -0.1) is 0 Å². The van der Waals surface area contributed by atoms with Crippen LogP contribution in [0.5, 0.6) is 0 Å². The molecule has 0 fully saturated rings. The van der Waals surface area contributed by atoms with Crippen molar-refractivity contribution in [3.63, 3.8) is 0 Å². The first-order valence-corrected chi connectivity index (χ1v) is 3.55. The van der Waals surface area contributed by atoms with Crippen LogP contribution in [0.2, 0.25) is 0 Å². The van der Waals surface area contributed by atoms with Gasteiger partial charge in [-0.25, -0.2) is 14.2 Å². The highest BCUT2D eigenvalue weighted by molar-refractivity contribution is 4.56. The van der Waals surface area contributed by atoms with Crippen LogP contribution in [0.4, 0.5) is 0 Å². The summed E-state index contributed by atoms with van der Waals surface area (Å²) in [6, 6.07) is 0. The summed E-state index contributed by atoms with van der Waals surface area (Å²) in [7, 11) is 1.92. The van der Waals surface area contributed by atoms with Crippen molar-refractivity contribution in [1.82, 2.24) is 24.5 Å². The van der Waals surface area contributed by atoms with Gasteiger partial charge >= 0.3 is 0 Å². The molecule has 6 heteroatoms. The number of hydrogen-bond donors (Lipinski definition) is 0. The van der Waals surface area contributed by atoms with Crippen LogP contribution in [0.15, 0.2) is 25.3 Å². The predicted octanol–water partition coefficient (Wildman–Crippen LogP) is -1.20. The lowest BCUT2D eigenvalue weighted by molar-refractivity contribution is -0.672. The third-order valence-corrected chi connectivity index (χ3v) is 1.45. The van der Waals surface area contributed by atoms with Gasteiger partial charge in [-0.2, -0.15) is 5.10 Å². The fourth-order valence-corrected chi connectivity index (χ4v) is 0.945. The summed E-state index contributed by atoms with van der Waals surface area (Å²) >= 11 is 0. The summed E-state index contributed by atoms with van der Waals surface area (Å²) in [5.41, 5.74) is 0. The second kappa shape index (κ2) is 2.72. The molecule has 0 saturated carbocycles. The summed E-state index contributed by atoms with van der Waals surface area (Å²) in [4.78, 5) is 3.83. The van der Waals surface area contributed by atoms with Gasteiger partial charge in [-0.3, -0.25) is 0 Å². The van der Waals surface area contributed by atoms with Gasteiger partial charge < -0.3 is 0 Å². The molecule has 6 nitrogen and oxygen atoms in total. The minimum Gasteiger partial charge on any atom is -0.240 e. The van der Waals surface area contributed by atoms with E-state index in [1.165, 1.54) is 6.33 Å². The lowest BCUT2D eigenvalue weighted by atomic mass is 11.0. The molecule has 0 saturated heterocycles. The van der Waals surface area contributed by atoms with Crippen LogP contribution in [0.25, 0.3) is 0 Å². The molecule has 0 N–H and O–H groups in total. The van der Waals surface area contributed by atoms with Crippen LogP contribution in [0, 0.1) is 0 Å². The van der Waals surface area contributed by atoms with E-state index in [0.29, 0.717) is 6.67 Å². The molecule has 2 aromatic rings. The molecule has 2 heterocycles. The minimum absolute atomic E-state index is 0.598. The van der Waals surface area contributed by atoms with E-state index in [1.54, 1.807) is 22.0 Å². The smallest absolute Gasteiger partial charge is 0.240 e. The molecule has 2 rings (SSSR count). The van der Waals surface area contributed by atoms with E-state index < -0.39 is 0 Å². The molecule has 0 bridgehead atoms. The third-order valence-electron chi connectivity index (χ3n) is 1.45. The van der Waals surface area contributed by atoms with Crippen molar-refractivity contribution in [1.29, 1.82) is 0 Å². The topological polar surface area (TPSA) is 52.4 Å². The van der Waals surface area contributed by atoms with Crippen LogP contribution in [-0.4, -0.2) is 24.5 Å². The monoisotopic (exact) mass is 165 g/mol. The number of aromatic nitrogens is 6. The first kappa shape index (κ1) is 6.96. The Morgan fingerprint density at radius 2 is 2.25 bits per heavy atom. The zero-order valence-electron chi connectivity index (χ0n) is 6.70. The fourth-order valence-electron chi connectivity index (χ4n) is 0.945. The highest BCUT2D eigenvalue weighted by atomic mass is 15.4. The molecule has 0 aromatic carbocycles. The van der Waals surface area contributed by atoms with Crippen LogP contribution < -0.4 is 4.57 Å². The van der Waals surface area contributed by atoms with Crippen molar-refractivity contribution < 1.29 is 4.57 Å². The van der Waals surface area contributed by atoms with E-state index in [0.717, 1.165) is 0 Å². The van der Waals surface area contributed by atoms with Crippen LogP contribution >= 0.6 is 0 Å². The molecular formula is C6H9N6+. The molecule has 0 aliphatic rings. The van der Waals surface area contributed by atoms with Crippen LogP contribution in [0.3, 0.4) is 0 Å². The van der Waals surface area contributed by atoms with E-state index in [9.17, 15) is 0 Å². The Balaban J connectivity index is 2.14. The van der Waals surface area contributed by atoms with Crippen molar-refractivity contribution in [3.8, 4) is 0 Å². The van der Waals surface area contributed by atoms with E-state index in [-0.39, 0.29) is 0 Å². The predicted molar refractivity (Wildman–Crippen MR) is 38.8 cm³/mol. The van der Waals surface area contributed by atoms with E-state index in [2.05, 4.69) is 15.2 Å². The third kappa shape index (κ3) is 1.31. The minimum atomic E-state index is 0.598. The second-order valence-corrected chi connectivity index (χ2v) is 2.53. The summed E-state index contributed by atoms with van der Waals surface area (Å²) in [5, 5.41) is 8.04. The van der Waals surface area contributed by atoms with Crippen molar-refractivity contribution in [2.45, 2.75) is 6.67 Å². The number of aryl methyl sites for hydroxylation is 1. The summed E-state index contributed by atoms with van der Waals surface area (Å²) in [6.45, 7) is 0.598. The maximum Gasteiger partial charge on any atom is 0.264 e. The van der Waals surface area contributed by atoms with Crippen molar-refractivity contribution in [2.75, 3.05) is 0 Å². The zero-order valence-corrected chi connectivity index (χ0v) is 6.70. The number of hydrogen-bond acceptors (Lipinski definition) is 3. The Bertz CT molecular complexity index is 348. The standard InChI is InChI=1S/C6H9N6/c1-10-4-9-12(5-10)6-11-3-7-2-8-11/h2-5H,6H2,1H3/q+1. The Kier molecular flexibility index (Phi) is 1.58. The van der Waals surface area contributed by atoms with Gasteiger partial charge in [0.1, 0.15) is 12.7 Å². The van der Waals surface area contributed by atoms with E-state index in [4.69, 9.17) is 0 Å². The lowest BCUT2D eigenvalue weighted by Crippen LogP contribution is -2.24. The van der Waals surface area contributed by atoms with Crippen molar-refractivity contribution >= 4 is 0 Å². The molecular weight excluding hydrogens is 156 g/mol. The van der Waals surface area contributed by atoms with Crippen molar-refractivity contribution in [2.24, 2.45) is 7.05 Å². The first-order chi connectivity index (χ1) is 5.84. The average Bonchev–Trinajstić information content (AvgIpc) is 2.63. The van der Waals surface area contributed by atoms with Crippen LogP contribution in [0.1, 0.15) is 0 Å². The molecule has 2 aromatic heterocycles. The first-order valence-electron chi connectivity index (χ1n) is 3.55. The van der Waals surface area contributed by atoms with Gasteiger partial charge in [-0.1, -0.05) is 4.68 Å². The molecule has 0 atom stereocenters. The van der Waals surface area contributed by atoms with Gasteiger partial charge in [-0.05, 0) is 0 Å². The molecule has 0 radical (unpaired) electrons. The molecule has 12 heavy (non-hydrogen) atoms. The normalized spacial score (nSPS) is 10.4. The Morgan fingerprint density at radius 3 is 2.83 bits per heavy atom. The number of nitrogens with zero attached hydrogens (tertiary/aromatic N) is 6. The number of rotatable bonds is 2. The quantitative estimate of drug-likeness (QED) is 0.525. The van der Waals surface area contributed by atoms with E-state index in [1.807, 2.05) is 17.9 Å². The maximum absolute atomic E-state index is 4.08. The Morgan fingerprint density at radius 1 is 1.33 bits per heavy atom. The summed E-state index contributed by atoms with van der Waals surface area (Å²) in [5.74, 6) is 0.